The van der Waals surface area contributed by atoms with Crippen LogP contribution >= 0.6 is 27.7 Å². The van der Waals surface area contributed by atoms with Crippen molar-refractivity contribution in [3.05, 3.63) is 57.6 Å². The number of thioether (sulfide) groups is 1. The van der Waals surface area contributed by atoms with Gasteiger partial charge in [0.05, 0.1) is 5.69 Å². The van der Waals surface area contributed by atoms with Crippen molar-refractivity contribution in [3.63, 3.8) is 0 Å². The minimum absolute atomic E-state index is 0.255. The molecule has 122 valence electrons. The first kappa shape index (κ1) is 17.8. The Morgan fingerprint density at radius 2 is 2.00 bits per heavy atom. The maximum Gasteiger partial charge on any atom is 0.309 e. The fourth-order valence-electron chi connectivity index (χ4n) is 2.16. The maximum atomic E-state index is 11.7. The number of carbonyl (C=O) groups is 1. The van der Waals surface area contributed by atoms with Crippen LogP contribution in [0.5, 0.6) is 5.75 Å². The van der Waals surface area contributed by atoms with Gasteiger partial charge in [0.1, 0.15) is 12.4 Å². The predicted octanol–water partition coefficient (Wildman–Crippen LogP) is 5.32. The van der Waals surface area contributed by atoms with Crippen molar-refractivity contribution in [2.24, 2.45) is 0 Å². The van der Waals surface area contributed by atoms with Crippen LogP contribution in [0.2, 0.25) is 0 Å². The number of hydrogen-bond donors (Lipinski definition) is 1. The number of halogens is 1. The molecule has 2 aromatic rings. The lowest BCUT2D eigenvalue weighted by Crippen LogP contribution is -2.24. The molecular formula is C17H18BrNO3S. The molecule has 0 aliphatic carbocycles. The van der Waals surface area contributed by atoms with Crippen molar-refractivity contribution in [1.82, 2.24) is 0 Å². The Balaban J connectivity index is 2.24. The van der Waals surface area contributed by atoms with Gasteiger partial charge in [0.15, 0.2) is 0 Å². The van der Waals surface area contributed by atoms with Crippen LogP contribution in [-0.4, -0.2) is 16.7 Å². The molecule has 4 nitrogen and oxygen atoms in total. The van der Waals surface area contributed by atoms with Crippen LogP contribution in [0, 0.1) is 13.8 Å². The summed E-state index contributed by atoms with van der Waals surface area (Å²) in [7, 11) is 0. The zero-order valence-electron chi connectivity index (χ0n) is 13.2. The zero-order valence-corrected chi connectivity index (χ0v) is 15.6. The van der Waals surface area contributed by atoms with E-state index in [0.29, 0.717) is 10.8 Å². The predicted molar refractivity (Wildman–Crippen MR) is 97.6 cm³/mol. The number of anilines is 1. The Morgan fingerprint density at radius 1 is 1.26 bits per heavy atom. The van der Waals surface area contributed by atoms with Gasteiger partial charge in [-0.05, 0) is 43.9 Å². The lowest BCUT2D eigenvalue weighted by atomic mass is 10.1. The van der Waals surface area contributed by atoms with Gasteiger partial charge in [-0.3, -0.25) is 10.0 Å². The van der Waals surface area contributed by atoms with Gasteiger partial charge in [0, 0.05) is 10.0 Å². The lowest BCUT2D eigenvalue weighted by Gasteiger charge is -2.18. The second-order valence-electron chi connectivity index (χ2n) is 5.11. The van der Waals surface area contributed by atoms with Gasteiger partial charge in [-0.1, -0.05) is 51.5 Å². The Labute approximate surface area is 148 Å². The summed E-state index contributed by atoms with van der Waals surface area (Å²) in [6.07, 6.45) is 1.62. The van der Waals surface area contributed by atoms with E-state index >= 15 is 0 Å². The first-order valence-electron chi connectivity index (χ1n) is 6.98. The Hall–Kier alpha value is -1.50. The van der Waals surface area contributed by atoms with Gasteiger partial charge in [-0.2, -0.15) is 5.06 Å². The van der Waals surface area contributed by atoms with Gasteiger partial charge in [-0.15, -0.1) is 0 Å². The van der Waals surface area contributed by atoms with Crippen LogP contribution in [0.25, 0.3) is 0 Å². The number of hydrogen-bond acceptors (Lipinski definition) is 4. The summed E-state index contributed by atoms with van der Waals surface area (Å²) in [5.41, 5.74) is 3.34. The van der Waals surface area contributed by atoms with Crippen molar-refractivity contribution in [3.8, 4) is 5.75 Å². The highest BCUT2D eigenvalue weighted by Gasteiger charge is 2.17. The summed E-state index contributed by atoms with van der Waals surface area (Å²) in [5.74, 6) is 0.783. The highest BCUT2D eigenvalue weighted by atomic mass is 79.9. The number of amides is 1. The third kappa shape index (κ3) is 4.50. The summed E-state index contributed by atoms with van der Waals surface area (Å²) in [4.78, 5) is 11.7. The second-order valence-corrected chi connectivity index (χ2v) is 6.79. The van der Waals surface area contributed by atoms with E-state index < -0.39 is 5.24 Å². The van der Waals surface area contributed by atoms with Crippen LogP contribution in [0.3, 0.4) is 0 Å². The van der Waals surface area contributed by atoms with Crippen LogP contribution in [0.1, 0.15) is 16.7 Å². The number of nitrogens with zero attached hydrogens (tertiary/aromatic N) is 1. The third-order valence-corrected chi connectivity index (χ3v) is 4.35. The SMILES string of the molecule is CSC(=O)N(O)c1cc(Br)ccc1COc1ccc(C)cc1C. The fraction of sp³-hybridized carbons (Fsp3) is 0.235. The molecule has 0 radical (unpaired) electrons. The van der Waals surface area contributed by atoms with Crippen LogP contribution in [0.15, 0.2) is 40.9 Å². The smallest absolute Gasteiger partial charge is 0.309 e. The Kier molecular flexibility index (Phi) is 6.10. The number of rotatable bonds is 4. The van der Waals surface area contributed by atoms with Crippen molar-refractivity contribution in [1.29, 1.82) is 0 Å². The summed E-state index contributed by atoms with van der Waals surface area (Å²) in [5, 5.41) is 10.3. The summed E-state index contributed by atoms with van der Waals surface area (Å²) in [6.45, 7) is 4.27. The highest BCUT2D eigenvalue weighted by molar-refractivity contribution is 9.10. The van der Waals surface area contributed by atoms with E-state index in [1.807, 2.05) is 44.2 Å². The summed E-state index contributed by atoms with van der Waals surface area (Å²) < 4.78 is 6.62. The molecule has 2 rings (SSSR count). The van der Waals surface area contributed by atoms with E-state index in [9.17, 15) is 10.0 Å². The van der Waals surface area contributed by atoms with E-state index in [0.717, 1.165) is 33.1 Å². The minimum atomic E-state index is -0.448. The van der Waals surface area contributed by atoms with E-state index in [1.165, 1.54) is 5.56 Å². The van der Waals surface area contributed by atoms with Gasteiger partial charge in [0.25, 0.3) is 0 Å². The van der Waals surface area contributed by atoms with Crippen molar-refractivity contribution in [2.45, 2.75) is 20.5 Å². The second kappa shape index (κ2) is 7.86. The zero-order chi connectivity index (χ0) is 17.0. The standard InChI is InChI=1S/C17H18BrNO3S/c1-11-4-7-16(12(2)8-11)22-10-13-5-6-14(18)9-15(13)19(21)17(20)23-3/h4-9,21H,10H2,1-3H3. The molecule has 0 saturated heterocycles. The number of carbonyl (C=O) groups excluding carboxylic acids is 1. The molecule has 2 aromatic carbocycles. The third-order valence-electron chi connectivity index (χ3n) is 3.34. The molecule has 0 aliphatic rings. The molecule has 0 atom stereocenters. The molecule has 0 unspecified atom stereocenters. The molecule has 0 saturated carbocycles. The molecule has 0 fully saturated rings. The number of ether oxygens (including phenoxy) is 1. The molecule has 0 aromatic heterocycles. The quantitative estimate of drug-likeness (QED) is 0.561. The molecule has 0 spiro atoms. The van der Waals surface area contributed by atoms with Gasteiger partial charge >= 0.3 is 5.24 Å². The maximum absolute atomic E-state index is 11.7. The monoisotopic (exact) mass is 395 g/mol. The number of benzene rings is 2. The highest BCUT2D eigenvalue weighted by Crippen LogP contribution is 2.28. The molecule has 23 heavy (non-hydrogen) atoms. The number of hydroxylamine groups is 1. The Morgan fingerprint density at radius 3 is 2.65 bits per heavy atom. The molecule has 0 aliphatic heterocycles. The van der Waals surface area contributed by atoms with Crippen molar-refractivity contribution >= 4 is 38.6 Å². The average molecular weight is 396 g/mol. The molecule has 1 amide bonds. The van der Waals surface area contributed by atoms with E-state index in [1.54, 1.807) is 12.3 Å². The van der Waals surface area contributed by atoms with E-state index in [2.05, 4.69) is 15.9 Å². The van der Waals surface area contributed by atoms with Gasteiger partial charge < -0.3 is 4.74 Å². The Bertz CT molecular complexity index is 721. The molecule has 0 heterocycles. The summed E-state index contributed by atoms with van der Waals surface area (Å²) >= 11 is 4.30. The van der Waals surface area contributed by atoms with Crippen LogP contribution < -0.4 is 9.80 Å². The first-order chi connectivity index (χ1) is 10.9. The van der Waals surface area contributed by atoms with Crippen LogP contribution in [-0.2, 0) is 6.61 Å². The van der Waals surface area contributed by atoms with E-state index in [4.69, 9.17) is 4.74 Å². The fourth-order valence-corrected chi connectivity index (χ4v) is 2.78. The van der Waals surface area contributed by atoms with Gasteiger partial charge in [-0.25, -0.2) is 0 Å². The molecular weight excluding hydrogens is 378 g/mol. The first-order valence-corrected chi connectivity index (χ1v) is 8.99. The van der Waals surface area contributed by atoms with E-state index in [-0.39, 0.29) is 6.61 Å². The van der Waals surface area contributed by atoms with Crippen LogP contribution in [0.4, 0.5) is 10.5 Å². The van der Waals surface area contributed by atoms with Crippen molar-refractivity contribution in [2.75, 3.05) is 11.3 Å². The van der Waals surface area contributed by atoms with Gasteiger partial charge in [0.2, 0.25) is 0 Å². The average Bonchev–Trinajstić information content (AvgIpc) is 2.53. The molecule has 0 bridgehead atoms. The normalized spacial score (nSPS) is 10.5. The lowest BCUT2D eigenvalue weighted by molar-refractivity contribution is 0.223. The van der Waals surface area contributed by atoms with Crippen molar-refractivity contribution < 1.29 is 14.7 Å². The topological polar surface area (TPSA) is 49.8 Å². The molecule has 1 N–H and O–H groups in total. The minimum Gasteiger partial charge on any atom is -0.489 e. The number of aryl methyl sites for hydroxylation is 2. The summed E-state index contributed by atoms with van der Waals surface area (Å²) in [6, 6.07) is 11.3. The largest absolute Gasteiger partial charge is 0.489 e. The molecule has 6 heteroatoms.